The van der Waals surface area contributed by atoms with Crippen molar-refractivity contribution in [3.05, 3.63) is 22.6 Å². The molecule has 2 rings (SSSR count). The van der Waals surface area contributed by atoms with Crippen LogP contribution in [0.25, 0.3) is 5.65 Å². The second-order valence-corrected chi connectivity index (χ2v) is 3.07. The molecule has 0 bridgehead atoms. The molecule has 0 fully saturated rings. The predicted molar refractivity (Wildman–Crippen MR) is 45.4 cm³/mol. The van der Waals surface area contributed by atoms with Gasteiger partial charge in [-0.25, -0.2) is 4.79 Å². The van der Waals surface area contributed by atoms with Gasteiger partial charge in [-0.15, -0.1) is 10.2 Å². The van der Waals surface area contributed by atoms with Gasteiger partial charge < -0.3 is 5.11 Å². The molecule has 2 heterocycles. The number of rotatable bonds is 1. The molecule has 13 heavy (non-hydrogen) atoms. The van der Waals surface area contributed by atoms with Gasteiger partial charge in [0, 0.05) is 0 Å². The molecular weight excluding hydrogens is 240 g/mol. The molecule has 7 heteroatoms. The molecule has 66 valence electrons. The quantitative estimate of drug-likeness (QED) is 0.792. The topological polar surface area (TPSA) is 80.4 Å². The molecule has 0 atom stereocenters. The van der Waals surface area contributed by atoms with Crippen molar-refractivity contribution in [2.45, 2.75) is 0 Å². The number of hydrogen-bond acceptors (Lipinski definition) is 4. The number of aromatic nitrogens is 4. The van der Waals surface area contributed by atoms with Crippen LogP contribution in [0.5, 0.6) is 0 Å². The predicted octanol–water partition coefficient (Wildman–Crippen LogP) is 0.585. The molecule has 0 saturated heterocycles. The Bertz CT molecular complexity index is 480. The number of hydrogen-bond donors (Lipinski definition) is 1. The van der Waals surface area contributed by atoms with Crippen molar-refractivity contribution in [1.82, 2.24) is 19.8 Å². The third-order valence-electron chi connectivity index (χ3n) is 1.42. The Hall–Kier alpha value is -1.50. The number of aromatic carboxylic acids is 1. The maximum Gasteiger partial charge on any atom is 0.375 e. The van der Waals surface area contributed by atoms with E-state index >= 15 is 0 Å². The number of carboxylic acids is 1. The number of nitrogens with zero attached hydrogens (tertiary/aromatic N) is 4. The minimum absolute atomic E-state index is 0.198. The number of halogens is 1. The summed E-state index contributed by atoms with van der Waals surface area (Å²) in [5.41, 5.74) is 0.403. The first-order chi connectivity index (χ1) is 6.18. The Morgan fingerprint density at radius 2 is 2.23 bits per heavy atom. The summed E-state index contributed by atoms with van der Waals surface area (Å²) in [7, 11) is 0. The Labute approximate surface area is 80.3 Å². The van der Waals surface area contributed by atoms with Gasteiger partial charge in [0.2, 0.25) is 0 Å². The molecule has 0 radical (unpaired) electrons. The van der Waals surface area contributed by atoms with Crippen LogP contribution in [0.4, 0.5) is 0 Å². The van der Waals surface area contributed by atoms with Crippen molar-refractivity contribution in [3.63, 3.8) is 0 Å². The molecule has 0 saturated carbocycles. The zero-order valence-corrected chi connectivity index (χ0v) is 7.76. The van der Waals surface area contributed by atoms with E-state index in [1.807, 2.05) is 0 Å². The van der Waals surface area contributed by atoms with E-state index in [1.165, 1.54) is 0 Å². The van der Waals surface area contributed by atoms with Gasteiger partial charge in [0.15, 0.2) is 5.65 Å². The summed E-state index contributed by atoms with van der Waals surface area (Å²) >= 11 is 3.12. The molecule has 6 nitrogen and oxygen atoms in total. The lowest BCUT2D eigenvalue weighted by molar-refractivity contribution is 0.0680. The smallest absolute Gasteiger partial charge is 0.375 e. The zero-order chi connectivity index (χ0) is 9.42. The summed E-state index contributed by atoms with van der Waals surface area (Å²) in [5.74, 6) is -1.35. The normalized spacial score (nSPS) is 10.5. The van der Waals surface area contributed by atoms with Crippen molar-refractivity contribution >= 4 is 27.5 Å². The maximum atomic E-state index is 10.6. The van der Waals surface area contributed by atoms with Gasteiger partial charge in [-0.3, -0.25) is 0 Å². The Kier molecular flexibility index (Phi) is 1.73. The van der Waals surface area contributed by atoms with Gasteiger partial charge in [-0.1, -0.05) is 0 Å². The summed E-state index contributed by atoms with van der Waals surface area (Å²) in [6, 6.07) is 3.28. The van der Waals surface area contributed by atoms with Gasteiger partial charge in [-0.2, -0.15) is 9.61 Å². The molecule has 0 aromatic carbocycles. The highest BCUT2D eigenvalue weighted by atomic mass is 79.9. The molecule has 0 aliphatic rings. The van der Waals surface area contributed by atoms with E-state index < -0.39 is 5.97 Å². The van der Waals surface area contributed by atoms with E-state index in [0.29, 0.717) is 10.3 Å². The first-order valence-electron chi connectivity index (χ1n) is 3.30. The third-order valence-corrected chi connectivity index (χ3v) is 1.84. The fraction of sp³-hybridized carbons (Fsp3) is 0. The fourth-order valence-electron chi connectivity index (χ4n) is 0.900. The van der Waals surface area contributed by atoms with E-state index in [4.69, 9.17) is 5.11 Å². The Morgan fingerprint density at radius 1 is 1.46 bits per heavy atom. The number of carbonyl (C=O) groups is 1. The molecule has 0 amide bonds. The average molecular weight is 243 g/mol. The van der Waals surface area contributed by atoms with Crippen LogP contribution in [0.15, 0.2) is 16.7 Å². The van der Waals surface area contributed by atoms with Crippen LogP contribution < -0.4 is 0 Å². The Balaban J connectivity index is 2.79. The van der Waals surface area contributed by atoms with E-state index in [1.54, 1.807) is 12.1 Å². The zero-order valence-electron chi connectivity index (χ0n) is 6.18. The van der Waals surface area contributed by atoms with Crippen molar-refractivity contribution in [3.8, 4) is 0 Å². The minimum Gasteiger partial charge on any atom is -0.475 e. The summed E-state index contributed by atoms with van der Waals surface area (Å²) in [6.07, 6.45) is 0. The summed E-state index contributed by atoms with van der Waals surface area (Å²) in [4.78, 5) is 10.6. The second kappa shape index (κ2) is 2.77. The summed E-state index contributed by atoms with van der Waals surface area (Å²) < 4.78 is 1.69. The van der Waals surface area contributed by atoms with Crippen molar-refractivity contribution < 1.29 is 9.90 Å². The van der Waals surface area contributed by atoms with Gasteiger partial charge in [0.05, 0.1) is 0 Å². The summed E-state index contributed by atoms with van der Waals surface area (Å²) in [5, 5.41) is 19.7. The van der Waals surface area contributed by atoms with Crippen LogP contribution in [-0.2, 0) is 0 Å². The molecule has 2 aromatic rings. The van der Waals surface area contributed by atoms with E-state index in [9.17, 15) is 4.79 Å². The van der Waals surface area contributed by atoms with E-state index in [0.717, 1.165) is 4.52 Å². The fourth-order valence-corrected chi connectivity index (χ4v) is 1.19. The first-order valence-corrected chi connectivity index (χ1v) is 4.09. The van der Waals surface area contributed by atoms with Gasteiger partial charge >= 0.3 is 5.97 Å². The van der Waals surface area contributed by atoms with Crippen molar-refractivity contribution in [2.24, 2.45) is 0 Å². The molecule has 0 aliphatic carbocycles. The maximum absolute atomic E-state index is 10.6. The summed E-state index contributed by atoms with van der Waals surface area (Å²) in [6.45, 7) is 0. The molecular formula is C6H3BrN4O2. The van der Waals surface area contributed by atoms with Crippen LogP contribution in [0, 0.1) is 0 Å². The van der Waals surface area contributed by atoms with Crippen molar-refractivity contribution in [1.29, 1.82) is 0 Å². The van der Waals surface area contributed by atoms with Crippen molar-refractivity contribution in [2.75, 3.05) is 0 Å². The van der Waals surface area contributed by atoms with Gasteiger partial charge in [0.1, 0.15) is 4.60 Å². The monoisotopic (exact) mass is 242 g/mol. The van der Waals surface area contributed by atoms with Crippen LogP contribution in [0.2, 0.25) is 0 Å². The molecule has 0 spiro atoms. The number of fused-ring (bicyclic) bond motifs is 1. The third kappa shape index (κ3) is 1.26. The number of carboxylic acid groups (broad SMARTS) is 1. The first kappa shape index (κ1) is 8.11. The highest BCUT2D eigenvalue weighted by Crippen LogP contribution is 2.07. The van der Waals surface area contributed by atoms with Gasteiger partial charge in [-0.05, 0) is 28.1 Å². The van der Waals surface area contributed by atoms with Crippen LogP contribution in [-0.4, -0.2) is 30.9 Å². The molecule has 0 aliphatic heterocycles. The largest absolute Gasteiger partial charge is 0.475 e. The van der Waals surface area contributed by atoms with Gasteiger partial charge in [0.25, 0.3) is 5.82 Å². The average Bonchev–Trinajstić information content (AvgIpc) is 2.46. The van der Waals surface area contributed by atoms with Crippen LogP contribution in [0.3, 0.4) is 0 Å². The SMILES string of the molecule is O=C(O)c1nnc2ccc(Br)nn12. The lowest BCUT2D eigenvalue weighted by Crippen LogP contribution is -2.05. The van der Waals surface area contributed by atoms with Crippen LogP contribution in [0.1, 0.15) is 10.6 Å². The highest BCUT2D eigenvalue weighted by Gasteiger charge is 2.13. The van der Waals surface area contributed by atoms with Crippen LogP contribution >= 0.6 is 15.9 Å². The highest BCUT2D eigenvalue weighted by molar-refractivity contribution is 9.10. The standard InChI is InChI=1S/C6H3BrN4O2/c7-3-1-2-4-8-9-5(6(12)13)11(4)10-3/h1-2H,(H,12,13). The minimum atomic E-state index is -1.15. The molecule has 1 N–H and O–H groups in total. The van der Waals surface area contributed by atoms with E-state index in [-0.39, 0.29) is 5.82 Å². The lowest BCUT2D eigenvalue weighted by Gasteiger charge is -1.93. The molecule has 2 aromatic heterocycles. The lowest BCUT2D eigenvalue weighted by atomic mass is 10.5. The second-order valence-electron chi connectivity index (χ2n) is 2.25. The molecule has 0 unspecified atom stereocenters. The Morgan fingerprint density at radius 3 is 2.92 bits per heavy atom. The van der Waals surface area contributed by atoms with E-state index in [2.05, 4.69) is 31.2 Å².